The molecule has 0 spiro atoms. The second-order valence-electron chi connectivity index (χ2n) is 5.78. The molecule has 1 saturated heterocycles. The molecule has 1 amide bonds. The average Bonchev–Trinajstić information content (AvgIpc) is 2.56. The molecule has 0 aliphatic carbocycles. The van der Waals surface area contributed by atoms with E-state index in [1.807, 2.05) is 23.2 Å². The molecule has 114 valence electrons. The van der Waals surface area contributed by atoms with Crippen LogP contribution in [0.1, 0.15) is 35.6 Å². The Morgan fingerprint density at radius 1 is 1.23 bits per heavy atom. The van der Waals surface area contributed by atoms with Gasteiger partial charge in [0.05, 0.1) is 6.42 Å². The normalized spacial score (nSPS) is 15.8. The van der Waals surface area contributed by atoms with E-state index in [9.17, 15) is 4.79 Å². The quantitative estimate of drug-likeness (QED) is 0.870. The molecule has 0 radical (unpaired) electrons. The molecule has 1 fully saturated rings. The van der Waals surface area contributed by atoms with E-state index in [0.29, 0.717) is 12.3 Å². The fourth-order valence-corrected chi connectivity index (χ4v) is 3.03. The summed E-state index contributed by atoms with van der Waals surface area (Å²) in [5.74, 6) is 0.636. The zero-order valence-corrected chi connectivity index (χ0v) is 12.8. The van der Waals surface area contributed by atoms with Crippen molar-refractivity contribution in [1.29, 1.82) is 0 Å². The topological polar surface area (TPSA) is 59.0 Å². The number of rotatable bonds is 3. The molecule has 2 aromatic heterocycles. The average molecular weight is 296 g/mol. The second-order valence-corrected chi connectivity index (χ2v) is 5.78. The van der Waals surface area contributed by atoms with Crippen LogP contribution in [0.3, 0.4) is 0 Å². The number of aromatic nitrogens is 3. The molecule has 2 aromatic rings. The highest BCUT2D eigenvalue weighted by Crippen LogP contribution is 2.28. The van der Waals surface area contributed by atoms with Crippen molar-refractivity contribution in [2.75, 3.05) is 13.1 Å². The Morgan fingerprint density at radius 3 is 2.64 bits per heavy atom. The first-order valence-corrected chi connectivity index (χ1v) is 7.67. The van der Waals surface area contributed by atoms with Gasteiger partial charge in [-0.15, -0.1) is 0 Å². The van der Waals surface area contributed by atoms with Crippen LogP contribution < -0.4 is 0 Å². The van der Waals surface area contributed by atoms with Gasteiger partial charge in [-0.25, -0.2) is 9.97 Å². The van der Waals surface area contributed by atoms with Crippen molar-refractivity contribution in [1.82, 2.24) is 19.9 Å². The third kappa shape index (κ3) is 3.30. The number of nitrogens with zero attached hydrogens (tertiary/aromatic N) is 4. The molecule has 0 atom stereocenters. The largest absolute Gasteiger partial charge is 0.342 e. The van der Waals surface area contributed by atoms with Crippen molar-refractivity contribution in [2.45, 2.75) is 32.1 Å². The summed E-state index contributed by atoms with van der Waals surface area (Å²) in [5.41, 5.74) is 3.30. The molecule has 3 rings (SSSR count). The second kappa shape index (κ2) is 6.64. The van der Waals surface area contributed by atoms with Crippen LogP contribution in [0.2, 0.25) is 0 Å². The van der Waals surface area contributed by atoms with Gasteiger partial charge < -0.3 is 4.90 Å². The van der Waals surface area contributed by atoms with Gasteiger partial charge in [0.25, 0.3) is 0 Å². The van der Waals surface area contributed by atoms with E-state index in [4.69, 9.17) is 0 Å². The standard InChI is InChI=1S/C17H20N4O/c1-13-11-19-12-20-17(13)15-4-8-21(9-5-15)16(22)10-14-2-6-18-7-3-14/h2-3,6-7,11-12,15H,4-5,8-10H2,1H3. The molecule has 0 bridgehead atoms. The van der Waals surface area contributed by atoms with E-state index in [0.717, 1.165) is 42.8 Å². The fraction of sp³-hybridized carbons (Fsp3) is 0.412. The van der Waals surface area contributed by atoms with Crippen LogP contribution in [0.25, 0.3) is 0 Å². The van der Waals surface area contributed by atoms with Crippen LogP contribution in [0.15, 0.2) is 37.1 Å². The van der Waals surface area contributed by atoms with Gasteiger partial charge in [0.2, 0.25) is 5.91 Å². The third-order valence-corrected chi connectivity index (χ3v) is 4.27. The van der Waals surface area contributed by atoms with Crippen molar-refractivity contribution in [3.63, 3.8) is 0 Å². The summed E-state index contributed by atoms with van der Waals surface area (Å²) in [6.07, 6.45) is 9.34. The van der Waals surface area contributed by atoms with Gasteiger partial charge in [0.1, 0.15) is 6.33 Å². The van der Waals surface area contributed by atoms with Crippen molar-refractivity contribution >= 4 is 5.91 Å². The lowest BCUT2D eigenvalue weighted by atomic mass is 9.91. The van der Waals surface area contributed by atoms with Gasteiger partial charge in [0.15, 0.2) is 0 Å². The predicted molar refractivity (Wildman–Crippen MR) is 83.3 cm³/mol. The highest BCUT2D eigenvalue weighted by molar-refractivity contribution is 5.78. The fourth-order valence-electron chi connectivity index (χ4n) is 3.03. The molecule has 1 aliphatic heterocycles. The molecule has 0 saturated carbocycles. The van der Waals surface area contributed by atoms with E-state index < -0.39 is 0 Å². The minimum atomic E-state index is 0.198. The molecular formula is C17H20N4O. The molecule has 1 aliphatic rings. The molecule has 5 heteroatoms. The van der Waals surface area contributed by atoms with E-state index >= 15 is 0 Å². The number of amides is 1. The Bertz CT molecular complexity index is 636. The lowest BCUT2D eigenvalue weighted by Gasteiger charge is -2.32. The first-order valence-electron chi connectivity index (χ1n) is 7.67. The Balaban J connectivity index is 1.58. The van der Waals surface area contributed by atoms with E-state index in [1.165, 1.54) is 0 Å². The highest BCUT2D eigenvalue weighted by Gasteiger charge is 2.25. The number of carbonyl (C=O) groups is 1. The highest BCUT2D eigenvalue weighted by atomic mass is 16.2. The minimum Gasteiger partial charge on any atom is -0.342 e. The lowest BCUT2D eigenvalue weighted by Crippen LogP contribution is -2.39. The number of likely N-dealkylation sites (tertiary alicyclic amines) is 1. The number of pyridine rings is 1. The maximum Gasteiger partial charge on any atom is 0.226 e. The first-order chi connectivity index (χ1) is 10.7. The zero-order chi connectivity index (χ0) is 15.4. The van der Waals surface area contributed by atoms with Crippen LogP contribution in [-0.2, 0) is 11.2 Å². The van der Waals surface area contributed by atoms with Crippen molar-refractivity contribution in [2.24, 2.45) is 0 Å². The number of hydrogen-bond acceptors (Lipinski definition) is 4. The van der Waals surface area contributed by atoms with Crippen molar-refractivity contribution in [3.8, 4) is 0 Å². The van der Waals surface area contributed by atoms with Gasteiger partial charge >= 0.3 is 0 Å². The molecule has 22 heavy (non-hydrogen) atoms. The molecule has 5 nitrogen and oxygen atoms in total. The summed E-state index contributed by atoms with van der Waals surface area (Å²) < 4.78 is 0. The number of carbonyl (C=O) groups excluding carboxylic acids is 1. The van der Waals surface area contributed by atoms with Crippen molar-refractivity contribution < 1.29 is 4.79 Å². The summed E-state index contributed by atoms with van der Waals surface area (Å²) >= 11 is 0. The van der Waals surface area contributed by atoms with E-state index in [2.05, 4.69) is 21.9 Å². The van der Waals surface area contributed by atoms with E-state index in [-0.39, 0.29) is 5.91 Å². The molecule has 0 aromatic carbocycles. The smallest absolute Gasteiger partial charge is 0.226 e. The molecule has 0 unspecified atom stereocenters. The summed E-state index contributed by atoms with van der Waals surface area (Å²) in [5, 5.41) is 0. The van der Waals surface area contributed by atoms with Gasteiger partial charge in [-0.1, -0.05) is 0 Å². The number of aryl methyl sites for hydroxylation is 1. The maximum atomic E-state index is 12.4. The summed E-state index contributed by atoms with van der Waals surface area (Å²) in [6.45, 7) is 3.66. The number of hydrogen-bond donors (Lipinski definition) is 0. The first kappa shape index (κ1) is 14.6. The SMILES string of the molecule is Cc1cncnc1C1CCN(C(=O)Cc2ccncc2)CC1. The Morgan fingerprint density at radius 2 is 1.95 bits per heavy atom. The summed E-state index contributed by atoms with van der Waals surface area (Å²) in [6, 6.07) is 3.80. The Labute approximate surface area is 130 Å². The Kier molecular flexibility index (Phi) is 4.42. The van der Waals surface area contributed by atoms with Crippen LogP contribution in [0, 0.1) is 6.92 Å². The van der Waals surface area contributed by atoms with Crippen LogP contribution in [0.5, 0.6) is 0 Å². The van der Waals surface area contributed by atoms with E-state index in [1.54, 1.807) is 18.7 Å². The van der Waals surface area contributed by atoms with Crippen LogP contribution in [0.4, 0.5) is 0 Å². The predicted octanol–water partition coefficient (Wildman–Crippen LogP) is 2.13. The van der Waals surface area contributed by atoms with Gasteiger partial charge in [-0.2, -0.15) is 0 Å². The molecule has 0 N–H and O–H groups in total. The van der Waals surface area contributed by atoms with Crippen LogP contribution >= 0.6 is 0 Å². The summed E-state index contributed by atoms with van der Waals surface area (Å²) in [7, 11) is 0. The van der Waals surface area contributed by atoms with Gasteiger partial charge in [0, 0.05) is 43.3 Å². The monoisotopic (exact) mass is 296 g/mol. The zero-order valence-electron chi connectivity index (χ0n) is 12.8. The molecular weight excluding hydrogens is 276 g/mol. The van der Waals surface area contributed by atoms with Gasteiger partial charge in [-0.3, -0.25) is 9.78 Å². The van der Waals surface area contributed by atoms with Gasteiger partial charge in [-0.05, 0) is 43.0 Å². The third-order valence-electron chi connectivity index (χ3n) is 4.27. The molecule has 3 heterocycles. The maximum absolute atomic E-state index is 12.4. The van der Waals surface area contributed by atoms with Crippen LogP contribution in [-0.4, -0.2) is 38.8 Å². The van der Waals surface area contributed by atoms with Crippen molar-refractivity contribution in [3.05, 3.63) is 53.9 Å². The number of piperidine rings is 1. The lowest BCUT2D eigenvalue weighted by molar-refractivity contribution is -0.131. The summed E-state index contributed by atoms with van der Waals surface area (Å²) in [4.78, 5) is 26.8. The minimum absolute atomic E-state index is 0.198. The Hall–Kier alpha value is -2.30.